The summed E-state index contributed by atoms with van der Waals surface area (Å²) in [6.07, 6.45) is 6.76. The van der Waals surface area contributed by atoms with Crippen molar-refractivity contribution in [2.45, 2.75) is 70.0 Å². The van der Waals surface area contributed by atoms with Crippen molar-refractivity contribution in [1.82, 2.24) is 10.2 Å². The van der Waals surface area contributed by atoms with Crippen molar-refractivity contribution in [2.75, 3.05) is 23.9 Å². The van der Waals surface area contributed by atoms with E-state index in [-0.39, 0.29) is 50.6 Å². The highest BCUT2D eigenvalue weighted by Crippen LogP contribution is 2.36. The molecule has 1 unspecified atom stereocenters. The topological polar surface area (TPSA) is 105 Å². The Hall–Kier alpha value is -3.47. The van der Waals surface area contributed by atoms with E-state index in [2.05, 4.69) is 5.32 Å². The third kappa shape index (κ3) is 8.86. The molecule has 1 aliphatic heterocycles. The van der Waals surface area contributed by atoms with Gasteiger partial charge in [-0.25, -0.2) is 8.42 Å². The molecule has 46 heavy (non-hydrogen) atoms. The van der Waals surface area contributed by atoms with Gasteiger partial charge in [0.15, 0.2) is 11.5 Å². The minimum absolute atomic E-state index is 0.0138. The van der Waals surface area contributed by atoms with Gasteiger partial charge in [0.05, 0.1) is 22.0 Å². The van der Waals surface area contributed by atoms with Crippen LogP contribution < -0.4 is 19.1 Å². The van der Waals surface area contributed by atoms with Gasteiger partial charge in [-0.15, -0.1) is 0 Å². The van der Waals surface area contributed by atoms with Crippen LogP contribution in [0.15, 0.2) is 66.7 Å². The number of hydrogen-bond donors (Lipinski definition) is 1. The van der Waals surface area contributed by atoms with E-state index in [9.17, 15) is 18.0 Å². The zero-order chi connectivity index (χ0) is 32.7. The summed E-state index contributed by atoms with van der Waals surface area (Å²) in [5.74, 6) is 0.524. The first-order valence-electron chi connectivity index (χ1n) is 15.5. The number of nitrogens with one attached hydrogen (secondary N) is 1. The van der Waals surface area contributed by atoms with Gasteiger partial charge in [0.2, 0.25) is 28.6 Å². The Morgan fingerprint density at radius 2 is 1.65 bits per heavy atom. The number of ether oxygens (including phenoxy) is 2. The Balaban J connectivity index is 1.39. The zero-order valence-electron chi connectivity index (χ0n) is 25.8. The van der Waals surface area contributed by atoms with Gasteiger partial charge in [0.1, 0.15) is 6.04 Å². The minimum atomic E-state index is -3.68. The molecular formula is C34H39Cl2N3O6S. The number of carbonyl (C=O) groups is 2. The van der Waals surface area contributed by atoms with E-state index in [1.54, 1.807) is 41.3 Å². The van der Waals surface area contributed by atoms with E-state index < -0.39 is 16.1 Å². The van der Waals surface area contributed by atoms with Crippen LogP contribution in [0.5, 0.6) is 11.5 Å². The number of halogens is 2. The first-order valence-corrected chi connectivity index (χ1v) is 18.1. The molecule has 0 spiro atoms. The second-order valence-electron chi connectivity index (χ2n) is 11.8. The molecule has 1 aliphatic carbocycles. The fraction of sp³-hybridized carbons (Fsp3) is 0.412. The summed E-state index contributed by atoms with van der Waals surface area (Å²) in [7, 11) is -3.68. The Bertz CT molecular complexity index is 1630. The Morgan fingerprint density at radius 3 is 2.37 bits per heavy atom. The third-order valence-electron chi connectivity index (χ3n) is 8.36. The summed E-state index contributed by atoms with van der Waals surface area (Å²) in [5.41, 5.74) is 2.06. The van der Waals surface area contributed by atoms with Gasteiger partial charge in [0.25, 0.3) is 0 Å². The van der Waals surface area contributed by atoms with Crippen LogP contribution in [0, 0.1) is 0 Å². The molecule has 1 saturated carbocycles. The lowest BCUT2D eigenvalue weighted by atomic mass is 9.94. The van der Waals surface area contributed by atoms with E-state index in [0.29, 0.717) is 33.7 Å². The van der Waals surface area contributed by atoms with Crippen LogP contribution in [-0.4, -0.2) is 56.8 Å². The van der Waals surface area contributed by atoms with Crippen LogP contribution in [0.3, 0.4) is 0 Å². The third-order valence-corrected chi connectivity index (χ3v) is 10.3. The fourth-order valence-electron chi connectivity index (χ4n) is 5.98. The first kappa shape index (κ1) is 33.9. The molecule has 0 radical (unpaired) electrons. The fourth-order valence-corrected chi connectivity index (χ4v) is 7.26. The quantitative estimate of drug-likeness (QED) is 0.224. The molecule has 3 aromatic carbocycles. The molecule has 0 bridgehead atoms. The second kappa shape index (κ2) is 15.4. The van der Waals surface area contributed by atoms with Crippen LogP contribution in [0.1, 0.15) is 56.1 Å². The Morgan fingerprint density at radius 1 is 0.913 bits per heavy atom. The van der Waals surface area contributed by atoms with E-state index in [4.69, 9.17) is 32.7 Å². The SMILES string of the molecule is CS(=O)(=O)N(CCCC(=O)N(Cc1ccc(Cl)c(Cl)c1)C(Cc1ccccc1)C(=O)NC1CCCCC1)c1ccc2c(c1)OCO2. The average Bonchev–Trinajstić information content (AvgIpc) is 3.51. The number of hydrogen-bond acceptors (Lipinski definition) is 6. The number of nitrogens with zero attached hydrogens (tertiary/aromatic N) is 2. The van der Waals surface area contributed by atoms with Gasteiger partial charge in [-0.3, -0.25) is 13.9 Å². The highest BCUT2D eigenvalue weighted by Gasteiger charge is 2.32. The molecule has 1 fully saturated rings. The summed E-state index contributed by atoms with van der Waals surface area (Å²) >= 11 is 12.5. The normalized spacial score (nSPS) is 15.3. The van der Waals surface area contributed by atoms with Crippen LogP contribution >= 0.6 is 23.2 Å². The maximum atomic E-state index is 14.1. The summed E-state index contributed by atoms with van der Waals surface area (Å²) < 4.78 is 37.7. The molecule has 3 aromatic rings. The second-order valence-corrected chi connectivity index (χ2v) is 14.5. The number of carbonyl (C=O) groups excluding carboxylic acids is 2. The lowest BCUT2D eigenvalue weighted by Gasteiger charge is -2.34. The van der Waals surface area contributed by atoms with E-state index in [1.165, 1.54) is 4.31 Å². The monoisotopic (exact) mass is 687 g/mol. The summed E-state index contributed by atoms with van der Waals surface area (Å²) in [6.45, 7) is 0.255. The van der Waals surface area contributed by atoms with E-state index in [0.717, 1.165) is 49.5 Å². The van der Waals surface area contributed by atoms with Crippen molar-refractivity contribution < 1.29 is 27.5 Å². The van der Waals surface area contributed by atoms with E-state index >= 15 is 0 Å². The lowest BCUT2D eigenvalue weighted by molar-refractivity contribution is -0.141. The molecule has 2 aliphatic rings. The van der Waals surface area contributed by atoms with Crippen molar-refractivity contribution in [3.8, 4) is 11.5 Å². The van der Waals surface area contributed by atoms with Gasteiger partial charge in [0, 0.05) is 38.0 Å². The van der Waals surface area contributed by atoms with Gasteiger partial charge < -0.3 is 19.7 Å². The molecule has 0 saturated heterocycles. The van der Waals surface area contributed by atoms with Crippen molar-refractivity contribution in [3.63, 3.8) is 0 Å². The van der Waals surface area contributed by atoms with Gasteiger partial charge in [-0.05, 0) is 54.7 Å². The van der Waals surface area contributed by atoms with Crippen molar-refractivity contribution >= 4 is 50.7 Å². The zero-order valence-corrected chi connectivity index (χ0v) is 28.1. The molecule has 5 rings (SSSR count). The molecule has 1 N–H and O–H groups in total. The molecule has 1 atom stereocenters. The Kier molecular flexibility index (Phi) is 11.4. The number of benzene rings is 3. The molecule has 12 heteroatoms. The maximum absolute atomic E-state index is 14.1. The largest absolute Gasteiger partial charge is 0.454 e. The smallest absolute Gasteiger partial charge is 0.243 e. The summed E-state index contributed by atoms with van der Waals surface area (Å²) in [4.78, 5) is 29.7. The Labute approximate surface area is 280 Å². The number of amides is 2. The van der Waals surface area contributed by atoms with E-state index in [1.807, 2.05) is 30.3 Å². The molecular weight excluding hydrogens is 649 g/mol. The van der Waals surface area contributed by atoms with Gasteiger partial charge >= 0.3 is 0 Å². The highest BCUT2D eigenvalue weighted by molar-refractivity contribution is 7.92. The predicted molar refractivity (Wildman–Crippen MR) is 180 cm³/mol. The molecule has 2 amide bonds. The standard InChI is InChI=1S/C34H39Cl2N3O6S/c1-46(42,43)39(27-15-17-31-32(21-27)45-23-44-31)18-8-13-33(40)38(22-25-14-16-28(35)29(36)19-25)30(20-24-9-4-2-5-10-24)34(41)37-26-11-6-3-7-12-26/h2,4-5,9-10,14-17,19,21,26,30H,3,6-8,11-13,18,20,22-23H2,1H3,(H,37,41). The van der Waals surface area contributed by atoms with Crippen molar-refractivity contribution in [2.24, 2.45) is 0 Å². The number of fused-ring (bicyclic) bond motifs is 1. The summed E-state index contributed by atoms with van der Waals surface area (Å²) in [5, 5.41) is 3.97. The lowest BCUT2D eigenvalue weighted by Crippen LogP contribution is -2.52. The molecule has 1 heterocycles. The minimum Gasteiger partial charge on any atom is -0.454 e. The number of rotatable bonds is 13. The van der Waals surface area contributed by atoms with Crippen molar-refractivity contribution in [3.05, 3.63) is 87.9 Å². The van der Waals surface area contributed by atoms with Crippen molar-refractivity contribution in [1.29, 1.82) is 0 Å². The number of sulfonamides is 1. The first-order chi connectivity index (χ1) is 22.1. The van der Waals surface area contributed by atoms with Crippen LogP contribution in [-0.2, 0) is 32.6 Å². The highest BCUT2D eigenvalue weighted by atomic mass is 35.5. The van der Waals surface area contributed by atoms with Gasteiger partial charge in [-0.2, -0.15) is 0 Å². The number of anilines is 1. The average molecular weight is 689 g/mol. The molecule has 0 aromatic heterocycles. The summed E-state index contributed by atoms with van der Waals surface area (Å²) in [6, 6.07) is 19.0. The van der Waals surface area contributed by atoms with Crippen LogP contribution in [0.25, 0.3) is 0 Å². The molecule has 9 nitrogen and oxygen atoms in total. The van der Waals surface area contributed by atoms with Gasteiger partial charge in [-0.1, -0.05) is 78.9 Å². The van der Waals surface area contributed by atoms with Crippen LogP contribution in [0.2, 0.25) is 10.0 Å². The molecule has 246 valence electrons. The van der Waals surface area contributed by atoms with Crippen LogP contribution in [0.4, 0.5) is 5.69 Å². The maximum Gasteiger partial charge on any atom is 0.243 e. The predicted octanol–water partition coefficient (Wildman–Crippen LogP) is 6.36.